The van der Waals surface area contributed by atoms with E-state index < -0.39 is 5.97 Å². The van der Waals surface area contributed by atoms with Crippen molar-refractivity contribution in [3.8, 4) is 0 Å². The zero-order chi connectivity index (χ0) is 18.9. The third kappa shape index (κ3) is 3.46. The van der Waals surface area contributed by atoms with Crippen molar-refractivity contribution >= 4 is 12.0 Å². The van der Waals surface area contributed by atoms with Gasteiger partial charge in [-0.3, -0.25) is 4.90 Å². The number of anilines is 1. The number of hydrogen-bond donors (Lipinski definition) is 0. The van der Waals surface area contributed by atoms with Gasteiger partial charge in [0.2, 0.25) is 0 Å². The molecule has 0 radical (unpaired) electrons. The minimum atomic E-state index is -0.429. The number of nitrogens with zero attached hydrogens (tertiary/aromatic N) is 3. The maximum absolute atomic E-state index is 11.8. The number of hydrogen-bond acceptors (Lipinski definition) is 6. The number of benzene rings is 1. The van der Waals surface area contributed by atoms with Gasteiger partial charge in [0, 0.05) is 25.2 Å². The van der Waals surface area contributed by atoms with Crippen LogP contribution in [0.2, 0.25) is 0 Å². The lowest BCUT2D eigenvalue weighted by Crippen LogP contribution is -2.50. The lowest BCUT2D eigenvalue weighted by atomic mass is 9.81. The summed E-state index contributed by atoms with van der Waals surface area (Å²) in [5.41, 5.74) is 1.93. The van der Waals surface area contributed by atoms with Crippen molar-refractivity contribution in [1.29, 1.82) is 0 Å². The van der Waals surface area contributed by atoms with Crippen LogP contribution in [0.25, 0.3) is 0 Å². The van der Waals surface area contributed by atoms with Gasteiger partial charge in [-0.05, 0) is 44.7 Å². The highest BCUT2D eigenvalue weighted by atomic mass is 16.5. The smallest absolute Gasteiger partial charge is 0.360 e. The quantitative estimate of drug-likeness (QED) is 0.771. The van der Waals surface area contributed by atoms with Crippen LogP contribution in [0.1, 0.15) is 48.2 Å². The van der Waals surface area contributed by atoms with E-state index in [1.54, 1.807) is 6.92 Å². The molecular formula is C21H27N3O3. The summed E-state index contributed by atoms with van der Waals surface area (Å²) < 4.78 is 10.5. The van der Waals surface area contributed by atoms with Gasteiger partial charge in [-0.25, -0.2) is 4.79 Å². The Morgan fingerprint density at radius 1 is 1.30 bits per heavy atom. The molecular weight excluding hydrogens is 342 g/mol. The Morgan fingerprint density at radius 3 is 2.74 bits per heavy atom. The van der Waals surface area contributed by atoms with Crippen LogP contribution < -0.4 is 4.90 Å². The Labute approximate surface area is 160 Å². The summed E-state index contributed by atoms with van der Waals surface area (Å²) >= 11 is 0. The van der Waals surface area contributed by atoms with Crippen molar-refractivity contribution in [2.45, 2.75) is 37.6 Å². The lowest BCUT2D eigenvalue weighted by Gasteiger charge is -2.43. The van der Waals surface area contributed by atoms with E-state index in [9.17, 15) is 4.79 Å². The molecule has 1 aromatic heterocycles. The number of likely N-dealkylation sites (N-methyl/N-ethyl adjacent to an activating group) is 1. The third-order valence-corrected chi connectivity index (χ3v) is 6.14. The van der Waals surface area contributed by atoms with Crippen molar-refractivity contribution < 1.29 is 13.9 Å². The second kappa shape index (κ2) is 7.35. The molecule has 1 atom stereocenters. The van der Waals surface area contributed by atoms with Crippen LogP contribution in [0.15, 0.2) is 41.0 Å². The van der Waals surface area contributed by atoms with Gasteiger partial charge < -0.3 is 14.1 Å². The van der Waals surface area contributed by atoms with Gasteiger partial charge in [0.15, 0.2) is 5.69 Å². The summed E-state index contributed by atoms with van der Waals surface area (Å²) in [7, 11) is 2.25. The fraction of sp³-hybridized carbons (Fsp3) is 0.524. The summed E-state index contributed by atoms with van der Waals surface area (Å²) in [5.74, 6) is 0.169. The average Bonchev–Trinajstić information content (AvgIpc) is 3.30. The van der Waals surface area contributed by atoms with E-state index in [1.165, 1.54) is 18.2 Å². The fourth-order valence-electron chi connectivity index (χ4n) is 4.56. The minimum Gasteiger partial charge on any atom is -0.461 e. The van der Waals surface area contributed by atoms with Crippen molar-refractivity contribution in [3.05, 3.63) is 47.9 Å². The Balaban J connectivity index is 1.41. The fourth-order valence-corrected chi connectivity index (χ4v) is 4.56. The first-order valence-electron chi connectivity index (χ1n) is 9.75. The van der Waals surface area contributed by atoms with Crippen molar-refractivity contribution in [1.82, 2.24) is 9.88 Å². The Bertz CT molecular complexity index is 781. The van der Waals surface area contributed by atoms with Crippen LogP contribution >= 0.6 is 0 Å². The van der Waals surface area contributed by atoms with Gasteiger partial charge in [-0.2, -0.15) is 4.98 Å². The molecule has 1 aromatic carbocycles. The maximum Gasteiger partial charge on any atom is 0.360 e. The molecule has 2 aliphatic heterocycles. The molecule has 2 aromatic rings. The molecule has 1 spiro atoms. The molecule has 0 saturated carbocycles. The second-order valence-electron chi connectivity index (χ2n) is 7.64. The van der Waals surface area contributed by atoms with Gasteiger partial charge in [-0.15, -0.1) is 0 Å². The number of esters is 1. The van der Waals surface area contributed by atoms with E-state index in [0.29, 0.717) is 18.5 Å². The van der Waals surface area contributed by atoms with Crippen LogP contribution in [-0.2, 0) is 4.74 Å². The van der Waals surface area contributed by atoms with E-state index in [1.807, 2.05) is 0 Å². The van der Waals surface area contributed by atoms with E-state index in [2.05, 4.69) is 52.2 Å². The monoisotopic (exact) mass is 369 g/mol. The van der Waals surface area contributed by atoms with Gasteiger partial charge in [-0.1, -0.05) is 30.3 Å². The molecule has 27 heavy (non-hydrogen) atoms. The number of carbonyl (C=O) groups is 1. The molecule has 6 nitrogen and oxygen atoms in total. The predicted octanol–water partition coefficient (Wildman–Crippen LogP) is 3.31. The molecule has 0 amide bonds. The zero-order valence-corrected chi connectivity index (χ0v) is 16.1. The average molecular weight is 369 g/mol. The van der Waals surface area contributed by atoms with Gasteiger partial charge in [0.25, 0.3) is 6.01 Å². The standard InChI is InChI=1S/C21H27N3O3/c1-3-26-19(25)18-15-27-20(22-18)24-11-9-21(10-12-24)13-17(14-23(21)2)16-7-5-4-6-8-16/h4-8,15,17H,3,9-14H2,1-2H3. The number of ether oxygens (including phenoxy) is 1. The first-order valence-corrected chi connectivity index (χ1v) is 9.75. The normalized spacial score (nSPS) is 22.3. The van der Waals surface area contributed by atoms with E-state index in [0.717, 1.165) is 32.5 Å². The number of aromatic nitrogens is 1. The highest BCUT2D eigenvalue weighted by molar-refractivity contribution is 5.87. The molecule has 3 heterocycles. The molecule has 2 fully saturated rings. The molecule has 0 aliphatic carbocycles. The summed E-state index contributed by atoms with van der Waals surface area (Å²) in [6.07, 6.45) is 4.74. The Morgan fingerprint density at radius 2 is 2.04 bits per heavy atom. The summed E-state index contributed by atoms with van der Waals surface area (Å²) in [6, 6.07) is 11.4. The first kappa shape index (κ1) is 18.0. The SMILES string of the molecule is CCOC(=O)c1coc(N2CCC3(CC2)CC(c2ccccc2)CN3C)n1. The minimum absolute atomic E-state index is 0.244. The first-order chi connectivity index (χ1) is 13.1. The number of oxazole rings is 1. The topological polar surface area (TPSA) is 58.8 Å². The highest BCUT2D eigenvalue weighted by Gasteiger charge is 2.46. The van der Waals surface area contributed by atoms with E-state index in [4.69, 9.17) is 9.15 Å². The molecule has 1 unspecified atom stereocenters. The number of carbonyl (C=O) groups excluding carboxylic acids is 1. The molecule has 144 valence electrons. The van der Waals surface area contributed by atoms with Crippen LogP contribution in [0.4, 0.5) is 6.01 Å². The molecule has 2 saturated heterocycles. The van der Waals surface area contributed by atoms with Crippen molar-refractivity contribution in [2.24, 2.45) is 0 Å². The second-order valence-corrected chi connectivity index (χ2v) is 7.64. The van der Waals surface area contributed by atoms with Gasteiger partial charge in [0.1, 0.15) is 6.26 Å². The van der Waals surface area contributed by atoms with E-state index >= 15 is 0 Å². The summed E-state index contributed by atoms with van der Waals surface area (Å²) in [4.78, 5) is 20.8. The molecule has 6 heteroatoms. The summed E-state index contributed by atoms with van der Waals surface area (Å²) in [6.45, 7) is 4.99. The van der Waals surface area contributed by atoms with Gasteiger partial charge >= 0.3 is 5.97 Å². The Hall–Kier alpha value is -2.34. The number of rotatable bonds is 4. The van der Waals surface area contributed by atoms with Crippen LogP contribution in [-0.4, -0.2) is 54.7 Å². The molecule has 0 bridgehead atoms. The van der Waals surface area contributed by atoms with Crippen molar-refractivity contribution in [2.75, 3.05) is 38.2 Å². The Kier molecular flexibility index (Phi) is 4.91. The zero-order valence-electron chi connectivity index (χ0n) is 16.1. The number of piperidine rings is 1. The van der Waals surface area contributed by atoms with Gasteiger partial charge in [0.05, 0.1) is 6.61 Å². The molecule has 0 N–H and O–H groups in total. The molecule has 4 rings (SSSR count). The maximum atomic E-state index is 11.8. The largest absolute Gasteiger partial charge is 0.461 e. The van der Waals surface area contributed by atoms with Crippen LogP contribution in [0.5, 0.6) is 0 Å². The van der Waals surface area contributed by atoms with Crippen LogP contribution in [0, 0.1) is 0 Å². The molecule has 2 aliphatic rings. The highest BCUT2D eigenvalue weighted by Crippen LogP contribution is 2.44. The predicted molar refractivity (Wildman–Crippen MR) is 103 cm³/mol. The van der Waals surface area contributed by atoms with Crippen LogP contribution in [0.3, 0.4) is 0 Å². The third-order valence-electron chi connectivity index (χ3n) is 6.14. The lowest BCUT2D eigenvalue weighted by molar-refractivity contribution is 0.0519. The van der Waals surface area contributed by atoms with Crippen molar-refractivity contribution in [3.63, 3.8) is 0 Å². The number of likely N-dealkylation sites (tertiary alicyclic amines) is 1. The van der Waals surface area contributed by atoms with E-state index in [-0.39, 0.29) is 11.2 Å². The summed E-state index contributed by atoms with van der Waals surface area (Å²) in [5, 5.41) is 0.